The summed E-state index contributed by atoms with van der Waals surface area (Å²) in [5.74, 6) is 0. The van der Waals surface area contributed by atoms with Crippen molar-refractivity contribution in [1.29, 1.82) is 0 Å². The second-order valence-electron chi connectivity index (χ2n) is 4.93. The lowest BCUT2D eigenvalue weighted by Crippen LogP contribution is -2.33. The van der Waals surface area contributed by atoms with E-state index in [9.17, 15) is 0 Å². The second-order valence-corrected chi connectivity index (χ2v) is 6.64. The Morgan fingerprint density at radius 3 is 2.25 bits per heavy atom. The number of hydrogen-bond acceptors (Lipinski definition) is 4. The van der Waals surface area contributed by atoms with Gasteiger partial charge in [-0.05, 0) is 49.6 Å². The van der Waals surface area contributed by atoms with Crippen molar-refractivity contribution in [3.8, 4) is 0 Å². The van der Waals surface area contributed by atoms with Gasteiger partial charge in [0.1, 0.15) is 0 Å². The van der Waals surface area contributed by atoms with Crippen LogP contribution in [0.2, 0.25) is 0 Å². The lowest BCUT2D eigenvalue weighted by molar-refractivity contribution is -0.00461. The average Bonchev–Trinajstić information content (AvgIpc) is 2.86. The molecule has 1 fully saturated rings. The Bertz CT molecular complexity index is 447. The van der Waals surface area contributed by atoms with Crippen LogP contribution in [0.15, 0.2) is 27.1 Å². The fraction of sp³-hybridized carbons (Fsp3) is 0.571. The number of nitrogens with two attached hydrogens (primary N) is 1. The molecule has 0 radical (unpaired) electrons. The van der Waals surface area contributed by atoms with Crippen LogP contribution in [-0.2, 0) is 9.47 Å². The van der Waals surface area contributed by atoms with Crippen molar-refractivity contribution in [3.05, 3.63) is 32.7 Å². The van der Waals surface area contributed by atoms with Crippen LogP contribution in [0, 0.1) is 0 Å². The molecule has 1 aromatic carbocycles. The maximum Gasteiger partial charge on any atom is 0.0972 e. The van der Waals surface area contributed by atoms with E-state index in [2.05, 4.69) is 48.9 Å². The van der Waals surface area contributed by atoms with Crippen LogP contribution in [-0.4, -0.2) is 51.0 Å². The summed E-state index contributed by atoms with van der Waals surface area (Å²) in [6.07, 6.45) is 0.209. The first-order valence-electron chi connectivity index (χ1n) is 6.55. The molecule has 0 amide bonds. The normalized spacial score (nSPS) is 25.1. The molecular formula is C14H20Br2N2O2. The highest BCUT2D eigenvalue weighted by molar-refractivity contribution is 9.13. The Kier molecular flexibility index (Phi) is 6.01. The molecule has 0 saturated carbocycles. The summed E-state index contributed by atoms with van der Waals surface area (Å²) in [4.78, 5) is 2.33. The first-order chi connectivity index (χ1) is 9.60. The summed E-state index contributed by atoms with van der Waals surface area (Å²) < 4.78 is 13.1. The number of rotatable bonds is 5. The quantitative estimate of drug-likeness (QED) is 0.814. The Morgan fingerprint density at radius 2 is 1.80 bits per heavy atom. The topological polar surface area (TPSA) is 47.7 Å². The van der Waals surface area contributed by atoms with Gasteiger partial charge in [0.2, 0.25) is 0 Å². The number of nitrogens with zero attached hydrogens (tertiary/aromatic N) is 1. The van der Waals surface area contributed by atoms with E-state index in [1.807, 2.05) is 6.07 Å². The van der Waals surface area contributed by atoms with Gasteiger partial charge in [0.05, 0.1) is 12.2 Å². The van der Waals surface area contributed by atoms with E-state index in [0.717, 1.165) is 22.0 Å². The van der Waals surface area contributed by atoms with Crippen molar-refractivity contribution in [2.24, 2.45) is 5.73 Å². The van der Waals surface area contributed by atoms with E-state index in [4.69, 9.17) is 15.2 Å². The number of hydrogen-bond donors (Lipinski definition) is 1. The second kappa shape index (κ2) is 7.33. The summed E-state index contributed by atoms with van der Waals surface area (Å²) in [5, 5.41) is 0. The number of likely N-dealkylation sites (tertiary alicyclic amines) is 1. The van der Waals surface area contributed by atoms with Gasteiger partial charge in [-0.1, -0.05) is 6.07 Å². The standard InChI is InChI=1S/C14H20Br2N2O2/c1-19-13-7-18(8-14(13)20-2)12(6-17)9-3-4-10(15)11(16)5-9/h3-5,12-14H,6-8,17H2,1-2H3. The molecule has 0 spiro atoms. The first-order valence-corrected chi connectivity index (χ1v) is 8.14. The van der Waals surface area contributed by atoms with Crippen molar-refractivity contribution in [2.75, 3.05) is 33.9 Å². The third kappa shape index (κ3) is 3.43. The van der Waals surface area contributed by atoms with Gasteiger partial charge in [0, 0.05) is 48.8 Å². The average molecular weight is 408 g/mol. The number of methoxy groups -OCH3 is 2. The zero-order valence-corrected chi connectivity index (χ0v) is 14.9. The van der Waals surface area contributed by atoms with Crippen molar-refractivity contribution in [2.45, 2.75) is 18.2 Å². The predicted molar refractivity (Wildman–Crippen MR) is 86.8 cm³/mol. The molecule has 2 N–H and O–H groups in total. The van der Waals surface area contributed by atoms with E-state index in [-0.39, 0.29) is 18.2 Å². The molecule has 1 saturated heterocycles. The molecule has 1 aliphatic heterocycles. The Hall–Kier alpha value is 0.0200. The van der Waals surface area contributed by atoms with Gasteiger partial charge < -0.3 is 15.2 Å². The summed E-state index contributed by atoms with van der Waals surface area (Å²) in [5.41, 5.74) is 7.20. The van der Waals surface area contributed by atoms with Crippen LogP contribution in [0.25, 0.3) is 0 Å². The largest absolute Gasteiger partial charge is 0.377 e. The van der Waals surface area contributed by atoms with Gasteiger partial charge >= 0.3 is 0 Å². The van der Waals surface area contributed by atoms with Crippen LogP contribution < -0.4 is 5.73 Å². The molecule has 0 bridgehead atoms. The van der Waals surface area contributed by atoms with Crippen LogP contribution in [0.4, 0.5) is 0 Å². The van der Waals surface area contributed by atoms with Crippen molar-refractivity contribution in [1.82, 2.24) is 4.90 Å². The number of benzene rings is 1. The maximum absolute atomic E-state index is 6.00. The molecule has 0 aliphatic carbocycles. The molecule has 20 heavy (non-hydrogen) atoms. The molecule has 1 aromatic rings. The fourth-order valence-electron chi connectivity index (χ4n) is 2.69. The smallest absolute Gasteiger partial charge is 0.0972 e. The van der Waals surface area contributed by atoms with Gasteiger partial charge in [-0.15, -0.1) is 0 Å². The number of ether oxygens (including phenoxy) is 2. The monoisotopic (exact) mass is 406 g/mol. The minimum atomic E-state index is 0.105. The van der Waals surface area contributed by atoms with Crippen LogP contribution in [0.5, 0.6) is 0 Å². The SMILES string of the molecule is COC1CN(C(CN)c2ccc(Br)c(Br)c2)CC1OC. The lowest BCUT2D eigenvalue weighted by Gasteiger charge is -2.27. The summed E-state index contributed by atoms with van der Waals surface area (Å²) in [6.45, 7) is 2.25. The van der Waals surface area contributed by atoms with E-state index >= 15 is 0 Å². The third-order valence-corrected chi connectivity index (χ3v) is 5.72. The lowest BCUT2D eigenvalue weighted by atomic mass is 10.1. The van der Waals surface area contributed by atoms with Crippen molar-refractivity contribution >= 4 is 31.9 Å². The third-order valence-electron chi connectivity index (χ3n) is 3.84. The molecular weight excluding hydrogens is 388 g/mol. The van der Waals surface area contributed by atoms with E-state index in [1.54, 1.807) is 14.2 Å². The molecule has 6 heteroatoms. The first kappa shape index (κ1) is 16.4. The predicted octanol–water partition coefficient (Wildman–Crippen LogP) is 2.56. The molecule has 1 aliphatic rings. The van der Waals surface area contributed by atoms with E-state index < -0.39 is 0 Å². The minimum Gasteiger partial charge on any atom is -0.377 e. The van der Waals surface area contributed by atoms with Gasteiger partial charge in [0.25, 0.3) is 0 Å². The van der Waals surface area contributed by atoms with Crippen molar-refractivity contribution in [3.63, 3.8) is 0 Å². The minimum absolute atomic E-state index is 0.105. The molecule has 3 unspecified atom stereocenters. The molecule has 3 atom stereocenters. The Morgan fingerprint density at radius 1 is 1.20 bits per heavy atom. The van der Waals surface area contributed by atoms with E-state index in [1.165, 1.54) is 5.56 Å². The molecule has 2 rings (SSSR count). The van der Waals surface area contributed by atoms with Gasteiger partial charge in [-0.25, -0.2) is 0 Å². The summed E-state index contributed by atoms with van der Waals surface area (Å²) in [7, 11) is 3.46. The molecule has 112 valence electrons. The van der Waals surface area contributed by atoms with Gasteiger partial charge in [-0.2, -0.15) is 0 Å². The molecule has 1 heterocycles. The zero-order valence-electron chi connectivity index (χ0n) is 11.7. The summed E-state index contributed by atoms with van der Waals surface area (Å²) >= 11 is 7.04. The molecule has 4 nitrogen and oxygen atoms in total. The van der Waals surface area contributed by atoms with Crippen LogP contribution >= 0.6 is 31.9 Å². The maximum atomic E-state index is 6.00. The highest BCUT2D eigenvalue weighted by atomic mass is 79.9. The Labute approximate surface area is 136 Å². The van der Waals surface area contributed by atoms with E-state index in [0.29, 0.717) is 6.54 Å². The van der Waals surface area contributed by atoms with Gasteiger partial charge in [0.15, 0.2) is 0 Å². The van der Waals surface area contributed by atoms with Crippen LogP contribution in [0.1, 0.15) is 11.6 Å². The highest BCUT2D eigenvalue weighted by Crippen LogP contribution is 2.31. The Balaban J connectivity index is 2.18. The molecule has 0 aromatic heterocycles. The zero-order chi connectivity index (χ0) is 14.7. The number of halogens is 2. The van der Waals surface area contributed by atoms with Crippen molar-refractivity contribution < 1.29 is 9.47 Å². The summed E-state index contributed by atoms with van der Waals surface area (Å²) in [6, 6.07) is 6.44. The highest BCUT2D eigenvalue weighted by Gasteiger charge is 2.36. The fourth-order valence-corrected chi connectivity index (χ4v) is 3.34. The van der Waals surface area contributed by atoms with Gasteiger partial charge in [-0.3, -0.25) is 4.90 Å². The van der Waals surface area contributed by atoms with Crippen LogP contribution in [0.3, 0.4) is 0 Å².